The summed E-state index contributed by atoms with van der Waals surface area (Å²) in [6.45, 7) is 0.340. The van der Waals surface area contributed by atoms with Crippen molar-refractivity contribution in [3.63, 3.8) is 0 Å². The van der Waals surface area contributed by atoms with Crippen LogP contribution in [0.25, 0.3) is 0 Å². The normalized spacial score (nSPS) is 10.4. The lowest BCUT2D eigenvalue weighted by Gasteiger charge is -2.03. The van der Waals surface area contributed by atoms with Crippen molar-refractivity contribution in [3.8, 4) is 0 Å². The SMILES string of the molecule is O=c1cc(Br)cnn1Cc1ccc(F)cc1. The van der Waals surface area contributed by atoms with Gasteiger partial charge in [-0.1, -0.05) is 12.1 Å². The Morgan fingerprint density at radius 1 is 1.31 bits per heavy atom. The summed E-state index contributed by atoms with van der Waals surface area (Å²) in [7, 11) is 0. The molecule has 0 fully saturated rings. The van der Waals surface area contributed by atoms with Crippen LogP contribution in [0.3, 0.4) is 0 Å². The summed E-state index contributed by atoms with van der Waals surface area (Å²) >= 11 is 3.17. The molecular weight excluding hydrogens is 275 g/mol. The molecule has 0 aliphatic heterocycles. The Morgan fingerprint density at radius 3 is 2.62 bits per heavy atom. The van der Waals surface area contributed by atoms with E-state index >= 15 is 0 Å². The standard InChI is InChI=1S/C11H8BrFN2O/c12-9-5-11(16)15(14-6-9)7-8-1-3-10(13)4-2-8/h1-6H,7H2. The van der Waals surface area contributed by atoms with Crippen LogP contribution in [0.1, 0.15) is 5.56 Å². The van der Waals surface area contributed by atoms with E-state index in [1.54, 1.807) is 18.3 Å². The Kier molecular flexibility index (Phi) is 3.14. The summed E-state index contributed by atoms with van der Waals surface area (Å²) in [6, 6.07) is 7.42. The number of nitrogens with zero attached hydrogens (tertiary/aromatic N) is 2. The molecule has 0 aliphatic carbocycles. The van der Waals surface area contributed by atoms with E-state index in [9.17, 15) is 9.18 Å². The highest BCUT2D eigenvalue weighted by Gasteiger charge is 2.00. The minimum absolute atomic E-state index is 0.196. The van der Waals surface area contributed by atoms with Gasteiger partial charge in [0.1, 0.15) is 5.82 Å². The summed E-state index contributed by atoms with van der Waals surface area (Å²) in [5, 5.41) is 3.96. The van der Waals surface area contributed by atoms with Crippen LogP contribution in [0.15, 0.2) is 45.8 Å². The number of hydrogen-bond donors (Lipinski definition) is 0. The van der Waals surface area contributed by atoms with Crippen molar-refractivity contribution in [2.45, 2.75) is 6.54 Å². The third-order valence-corrected chi connectivity index (χ3v) is 2.52. The van der Waals surface area contributed by atoms with Crippen molar-refractivity contribution in [1.82, 2.24) is 9.78 Å². The number of aromatic nitrogens is 2. The van der Waals surface area contributed by atoms with Crippen LogP contribution >= 0.6 is 15.9 Å². The minimum atomic E-state index is -0.292. The number of rotatable bonds is 2. The molecule has 0 saturated carbocycles. The second-order valence-corrected chi connectivity index (χ2v) is 4.21. The highest BCUT2D eigenvalue weighted by molar-refractivity contribution is 9.10. The highest BCUT2D eigenvalue weighted by Crippen LogP contribution is 2.05. The number of hydrogen-bond acceptors (Lipinski definition) is 2. The molecule has 1 aromatic carbocycles. The summed E-state index contributed by atoms with van der Waals surface area (Å²) in [5.41, 5.74) is 0.636. The Hall–Kier alpha value is -1.49. The molecule has 2 aromatic rings. The molecule has 5 heteroatoms. The van der Waals surface area contributed by atoms with Gasteiger partial charge in [0.15, 0.2) is 0 Å². The van der Waals surface area contributed by atoms with Gasteiger partial charge in [0.25, 0.3) is 5.56 Å². The lowest BCUT2D eigenvalue weighted by Crippen LogP contribution is -2.22. The molecule has 16 heavy (non-hydrogen) atoms. The zero-order valence-electron chi connectivity index (χ0n) is 8.23. The van der Waals surface area contributed by atoms with E-state index in [2.05, 4.69) is 21.0 Å². The topological polar surface area (TPSA) is 34.9 Å². The van der Waals surface area contributed by atoms with Crippen molar-refractivity contribution in [2.24, 2.45) is 0 Å². The maximum absolute atomic E-state index is 12.7. The fraction of sp³-hybridized carbons (Fsp3) is 0.0909. The van der Waals surface area contributed by atoms with E-state index < -0.39 is 0 Å². The van der Waals surface area contributed by atoms with E-state index in [-0.39, 0.29) is 11.4 Å². The van der Waals surface area contributed by atoms with Crippen molar-refractivity contribution >= 4 is 15.9 Å². The smallest absolute Gasteiger partial charge is 0.268 e. The van der Waals surface area contributed by atoms with Crippen LogP contribution < -0.4 is 5.56 Å². The van der Waals surface area contributed by atoms with Crippen molar-refractivity contribution in [3.05, 3.63) is 62.7 Å². The average Bonchev–Trinajstić information content (AvgIpc) is 2.25. The maximum Gasteiger partial charge on any atom is 0.268 e. The summed E-state index contributed by atoms with van der Waals surface area (Å²) in [5.74, 6) is -0.292. The van der Waals surface area contributed by atoms with Gasteiger partial charge < -0.3 is 0 Å². The largest absolute Gasteiger partial charge is 0.268 e. The van der Waals surface area contributed by atoms with Gasteiger partial charge in [0.05, 0.1) is 12.7 Å². The fourth-order valence-electron chi connectivity index (χ4n) is 1.29. The first-order chi connectivity index (χ1) is 7.65. The van der Waals surface area contributed by atoms with Crippen molar-refractivity contribution < 1.29 is 4.39 Å². The molecule has 0 atom stereocenters. The van der Waals surface area contributed by atoms with Crippen LogP contribution in [-0.4, -0.2) is 9.78 Å². The molecule has 1 heterocycles. The Bertz CT molecular complexity index is 551. The fourth-order valence-corrected chi connectivity index (χ4v) is 1.58. The molecule has 0 amide bonds. The summed E-state index contributed by atoms with van der Waals surface area (Å²) in [6.07, 6.45) is 1.55. The molecule has 0 bridgehead atoms. The molecule has 3 nitrogen and oxygen atoms in total. The van der Waals surface area contributed by atoms with Crippen LogP contribution in [0, 0.1) is 5.82 Å². The molecule has 1 aromatic heterocycles. The van der Waals surface area contributed by atoms with Crippen molar-refractivity contribution in [2.75, 3.05) is 0 Å². The molecule has 0 N–H and O–H groups in total. The zero-order valence-corrected chi connectivity index (χ0v) is 9.82. The third-order valence-electron chi connectivity index (χ3n) is 2.08. The van der Waals surface area contributed by atoms with Crippen LogP contribution in [0.4, 0.5) is 4.39 Å². The van der Waals surface area contributed by atoms with Gasteiger partial charge in [0.2, 0.25) is 0 Å². The molecule has 0 saturated heterocycles. The Balaban J connectivity index is 2.27. The second kappa shape index (κ2) is 4.57. The molecule has 0 aliphatic rings. The van der Waals surface area contributed by atoms with Gasteiger partial charge in [-0.3, -0.25) is 4.79 Å². The van der Waals surface area contributed by atoms with E-state index in [1.807, 2.05) is 0 Å². The number of benzene rings is 1. The van der Waals surface area contributed by atoms with E-state index in [4.69, 9.17) is 0 Å². The van der Waals surface area contributed by atoms with E-state index in [0.29, 0.717) is 11.0 Å². The maximum atomic E-state index is 12.7. The second-order valence-electron chi connectivity index (χ2n) is 3.30. The van der Waals surface area contributed by atoms with E-state index in [1.165, 1.54) is 22.9 Å². The first-order valence-corrected chi connectivity index (χ1v) is 5.41. The first kappa shape index (κ1) is 11.0. The summed E-state index contributed by atoms with van der Waals surface area (Å²) in [4.78, 5) is 11.5. The van der Waals surface area contributed by atoms with Gasteiger partial charge in [-0.25, -0.2) is 9.07 Å². The molecule has 82 valence electrons. The molecule has 2 rings (SSSR count). The van der Waals surface area contributed by atoms with Gasteiger partial charge in [-0.2, -0.15) is 5.10 Å². The monoisotopic (exact) mass is 282 g/mol. The van der Waals surface area contributed by atoms with E-state index in [0.717, 1.165) is 5.56 Å². The van der Waals surface area contributed by atoms with Crippen LogP contribution in [-0.2, 0) is 6.54 Å². The Labute approximate surface area is 99.7 Å². The molecule has 0 spiro atoms. The van der Waals surface area contributed by atoms with Gasteiger partial charge >= 0.3 is 0 Å². The highest BCUT2D eigenvalue weighted by atomic mass is 79.9. The van der Waals surface area contributed by atoms with Crippen LogP contribution in [0.5, 0.6) is 0 Å². The average molecular weight is 283 g/mol. The molecular formula is C11H8BrFN2O. The lowest BCUT2D eigenvalue weighted by atomic mass is 10.2. The van der Waals surface area contributed by atoms with Gasteiger partial charge in [-0.15, -0.1) is 0 Å². The lowest BCUT2D eigenvalue weighted by molar-refractivity contribution is 0.618. The third kappa shape index (κ3) is 2.55. The molecule has 0 radical (unpaired) electrons. The van der Waals surface area contributed by atoms with Gasteiger partial charge in [0, 0.05) is 10.5 Å². The predicted molar refractivity (Wildman–Crippen MR) is 61.7 cm³/mol. The zero-order chi connectivity index (χ0) is 11.5. The minimum Gasteiger partial charge on any atom is -0.268 e. The number of halogens is 2. The van der Waals surface area contributed by atoms with Gasteiger partial charge in [-0.05, 0) is 33.6 Å². The predicted octanol–water partition coefficient (Wildman–Crippen LogP) is 2.19. The summed E-state index contributed by atoms with van der Waals surface area (Å²) < 4.78 is 14.6. The Morgan fingerprint density at radius 2 is 2.00 bits per heavy atom. The first-order valence-electron chi connectivity index (χ1n) is 4.62. The quantitative estimate of drug-likeness (QED) is 0.846. The van der Waals surface area contributed by atoms with Crippen LogP contribution in [0.2, 0.25) is 0 Å². The van der Waals surface area contributed by atoms with Crippen molar-refractivity contribution in [1.29, 1.82) is 0 Å². The molecule has 0 unspecified atom stereocenters.